The van der Waals surface area contributed by atoms with Crippen molar-refractivity contribution in [2.45, 2.75) is 12.3 Å². The molecule has 0 radical (unpaired) electrons. The lowest BCUT2D eigenvalue weighted by Gasteiger charge is -2.07. The predicted octanol–water partition coefficient (Wildman–Crippen LogP) is 1.35. The van der Waals surface area contributed by atoms with Crippen LogP contribution in [0.3, 0.4) is 0 Å². The van der Waals surface area contributed by atoms with Crippen LogP contribution in [0.15, 0.2) is 10.4 Å². The summed E-state index contributed by atoms with van der Waals surface area (Å²) in [6.07, 6.45) is 0. The second kappa shape index (κ2) is 12.2. The maximum Gasteiger partial charge on any atom is 0.259 e. The molecule has 0 aliphatic rings. The first-order valence-corrected chi connectivity index (χ1v) is 9.58. The molecule has 0 atom stereocenters. The molecule has 0 saturated carbocycles. The molecule has 136 valence electrons. The van der Waals surface area contributed by atoms with Crippen LogP contribution >= 0.6 is 23.1 Å². The Morgan fingerprint density at radius 1 is 1.58 bits per heavy atom. The van der Waals surface area contributed by atoms with Gasteiger partial charge in [0, 0.05) is 42.0 Å². The lowest BCUT2D eigenvalue weighted by Crippen LogP contribution is -2.32. The number of aliphatic imine (C=N–C) groups is 1. The number of nitrogens with zero attached hydrogens (tertiary/aromatic N) is 4. The van der Waals surface area contributed by atoms with E-state index in [1.807, 2.05) is 14.1 Å². The molecule has 0 fully saturated rings. The van der Waals surface area contributed by atoms with Crippen molar-refractivity contribution in [2.75, 3.05) is 53.2 Å². The third-order valence-electron chi connectivity index (χ3n) is 2.75. The van der Waals surface area contributed by atoms with Gasteiger partial charge < -0.3 is 15.0 Å². The highest BCUT2D eigenvalue weighted by atomic mass is 32.2. The normalized spacial score (nSPS) is 11.9. The second-order valence-electron chi connectivity index (χ2n) is 5.26. The number of nitro groups is 1. The van der Waals surface area contributed by atoms with Crippen molar-refractivity contribution < 1.29 is 9.66 Å². The van der Waals surface area contributed by atoms with Crippen molar-refractivity contribution in [3.8, 4) is 0 Å². The van der Waals surface area contributed by atoms with Crippen LogP contribution in [0, 0.1) is 10.1 Å². The summed E-state index contributed by atoms with van der Waals surface area (Å²) in [7, 11) is 5.63. The molecule has 8 nitrogen and oxygen atoms in total. The molecular weight excluding hydrogens is 350 g/mol. The summed E-state index contributed by atoms with van der Waals surface area (Å²) < 4.78 is 4.90. The predicted molar refractivity (Wildman–Crippen MR) is 99.7 cm³/mol. The molecule has 1 N–H and O–H groups in total. The molecule has 0 amide bonds. The molecule has 1 rings (SSSR count). The van der Waals surface area contributed by atoms with Crippen molar-refractivity contribution in [2.24, 2.45) is 4.99 Å². The van der Waals surface area contributed by atoms with Gasteiger partial charge in [-0.05, 0) is 14.1 Å². The number of methoxy groups -OCH3 is 1. The molecule has 1 heterocycles. The summed E-state index contributed by atoms with van der Waals surface area (Å²) in [5.74, 6) is 2.08. The zero-order valence-electron chi connectivity index (χ0n) is 14.4. The number of rotatable bonds is 12. The minimum atomic E-state index is -0.382. The van der Waals surface area contributed by atoms with E-state index >= 15 is 0 Å². The van der Waals surface area contributed by atoms with Crippen LogP contribution in [-0.2, 0) is 17.0 Å². The summed E-state index contributed by atoms with van der Waals surface area (Å²) in [5, 5.41) is 16.9. The largest absolute Gasteiger partial charge is 0.383 e. The van der Waals surface area contributed by atoms with Gasteiger partial charge in [-0.3, -0.25) is 15.1 Å². The number of aromatic nitrogens is 1. The minimum absolute atomic E-state index is 0.283. The maximum absolute atomic E-state index is 10.6. The molecule has 0 bridgehead atoms. The first kappa shape index (κ1) is 20.8. The van der Waals surface area contributed by atoms with E-state index in [0.29, 0.717) is 25.5 Å². The summed E-state index contributed by atoms with van der Waals surface area (Å²) in [6.45, 7) is 2.09. The van der Waals surface area contributed by atoms with Crippen LogP contribution in [0.25, 0.3) is 0 Å². The van der Waals surface area contributed by atoms with Crippen molar-refractivity contribution in [3.05, 3.63) is 26.2 Å². The third kappa shape index (κ3) is 9.81. The maximum atomic E-state index is 10.6. The van der Waals surface area contributed by atoms with Crippen LogP contribution in [-0.4, -0.2) is 73.8 Å². The lowest BCUT2D eigenvalue weighted by atomic mass is 10.5. The van der Waals surface area contributed by atoms with Crippen LogP contribution in [0.4, 0.5) is 0 Å². The second-order valence-corrected chi connectivity index (χ2v) is 7.31. The standard InChI is InChI=1S/C14H25N5O3S2/c1-18(2)9-14-17-12(11-24-14)10-23-7-5-16-13(8-19(20)21)15-4-6-22-3/h11H,4-10H2,1-3H3,(H,15,16). The van der Waals surface area contributed by atoms with E-state index in [-0.39, 0.29) is 11.5 Å². The van der Waals surface area contributed by atoms with Gasteiger partial charge in [0.25, 0.3) is 6.54 Å². The summed E-state index contributed by atoms with van der Waals surface area (Å²) in [6, 6.07) is 0. The van der Waals surface area contributed by atoms with E-state index in [1.54, 1.807) is 30.2 Å². The number of thiazole rings is 1. The highest BCUT2D eigenvalue weighted by Gasteiger charge is 2.07. The Morgan fingerprint density at radius 3 is 3.04 bits per heavy atom. The SMILES string of the molecule is COCCN=C(C[N+](=O)[O-])NCCSCc1csc(CN(C)C)n1. The molecule has 10 heteroatoms. The number of thioether (sulfide) groups is 1. The first-order valence-electron chi connectivity index (χ1n) is 7.55. The number of hydrogen-bond donors (Lipinski definition) is 1. The van der Waals surface area contributed by atoms with Crippen LogP contribution in [0.2, 0.25) is 0 Å². The Morgan fingerprint density at radius 2 is 2.38 bits per heavy atom. The van der Waals surface area contributed by atoms with Gasteiger partial charge in [0.2, 0.25) is 0 Å². The minimum Gasteiger partial charge on any atom is -0.383 e. The highest BCUT2D eigenvalue weighted by Crippen LogP contribution is 2.16. The number of hydrogen-bond acceptors (Lipinski definition) is 8. The van der Waals surface area contributed by atoms with Crippen molar-refractivity contribution in [1.82, 2.24) is 15.2 Å². The first-order chi connectivity index (χ1) is 11.5. The fraction of sp³-hybridized carbons (Fsp3) is 0.714. The van der Waals surface area contributed by atoms with E-state index in [9.17, 15) is 10.1 Å². The van der Waals surface area contributed by atoms with E-state index in [1.165, 1.54) is 0 Å². The Balaban J connectivity index is 2.26. The Labute approximate surface area is 150 Å². The summed E-state index contributed by atoms with van der Waals surface area (Å²) in [5.41, 5.74) is 1.08. The van der Waals surface area contributed by atoms with Crippen molar-refractivity contribution in [3.63, 3.8) is 0 Å². The van der Waals surface area contributed by atoms with E-state index in [4.69, 9.17) is 4.74 Å². The number of amidine groups is 1. The fourth-order valence-electron chi connectivity index (χ4n) is 1.76. The quantitative estimate of drug-likeness (QED) is 0.194. The molecule has 0 aliphatic carbocycles. The van der Waals surface area contributed by atoms with Gasteiger partial charge in [-0.25, -0.2) is 4.98 Å². The van der Waals surface area contributed by atoms with Crippen LogP contribution in [0.1, 0.15) is 10.7 Å². The lowest BCUT2D eigenvalue weighted by molar-refractivity contribution is -0.463. The molecule has 0 aliphatic heterocycles. The average Bonchev–Trinajstić information content (AvgIpc) is 2.93. The van der Waals surface area contributed by atoms with Gasteiger partial charge in [0.05, 0.1) is 18.8 Å². The van der Waals surface area contributed by atoms with Gasteiger partial charge in [-0.1, -0.05) is 0 Å². The topological polar surface area (TPSA) is 92.9 Å². The molecule has 1 aromatic heterocycles. The number of ether oxygens (including phenoxy) is 1. The van der Waals surface area contributed by atoms with E-state index < -0.39 is 0 Å². The van der Waals surface area contributed by atoms with Gasteiger partial charge >= 0.3 is 0 Å². The molecule has 0 unspecified atom stereocenters. The monoisotopic (exact) mass is 375 g/mol. The van der Waals surface area contributed by atoms with Gasteiger partial charge in [-0.15, -0.1) is 11.3 Å². The van der Waals surface area contributed by atoms with Crippen molar-refractivity contribution in [1.29, 1.82) is 0 Å². The van der Waals surface area contributed by atoms with Crippen LogP contribution in [0.5, 0.6) is 0 Å². The highest BCUT2D eigenvalue weighted by molar-refractivity contribution is 7.98. The smallest absolute Gasteiger partial charge is 0.259 e. The molecule has 24 heavy (non-hydrogen) atoms. The molecular formula is C14H25N5O3S2. The van der Waals surface area contributed by atoms with E-state index in [0.717, 1.165) is 28.8 Å². The molecule has 0 aromatic carbocycles. The summed E-state index contributed by atoms with van der Waals surface area (Å²) in [4.78, 5) is 21.1. The molecule has 0 spiro atoms. The van der Waals surface area contributed by atoms with Gasteiger partial charge in [0.15, 0.2) is 5.84 Å². The zero-order chi connectivity index (χ0) is 17.8. The molecule has 1 aromatic rings. The zero-order valence-corrected chi connectivity index (χ0v) is 16.0. The Bertz CT molecular complexity index is 522. The Hall–Kier alpha value is -1.23. The van der Waals surface area contributed by atoms with Gasteiger partial charge in [0.1, 0.15) is 5.01 Å². The summed E-state index contributed by atoms with van der Waals surface area (Å²) >= 11 is 3.42. The van der Waals surface area contributed by atoms with E-state index in [2.05, 4.69) is 25.6 Å². The molecule has 0 saturated heterocycles. The fourth-order valence-corrected chi connectivity index (χ4v) is 3.52. The Kier molecular flexibility index (Phi) is 10.6. The van der Waals surface area contributed by atoms with Crippen LogP contribution < -0.4 is 5.32 Å². The average molecular weight is 376 g/mol. The van der Waals surface area contributed by atoms with Gasteiger partial charge in [-0.2, -0.15) is 11.8 Å². The third-order valence-corrected chi connectivity index (χ3v) is 4.63. The number of nitrogens with one attached hydrogen (secondary N) is 1. The van der Waals surface area contributed by atoms with Crippen molar-refractivity contribution >= 4 is 28.9 Å².